The van der Waals surface area contributed by atoms with Gasteiger partial charge in [0.15, 0.2) is 0 Å². The maximum Gasteiger partial charge on any atom is 0.248 e. The van der Waals surface area contributed by atoms with Crippen molar-refractivity contribution in [2.75, 3.05) is 6.54 Å². The molecule has 0 bridgehead atoms. The average molecular weight is 245 g/mol. The SMILES string of the molecule is CCC1(CC2CCC(F)(F)C2)CCCCCN1. The summed E-state index contributed by atoms with van der Waals surface area (Å²) in [6, 6.07) is 0. The van der Waals surface area contributed by atoms with Crippen LogP contribution in [0, 0.1) is 5.92 Å². The molecule has 0 aromatic heterocycles. The molecule has 1 aliphatic heterocycles. The van der Waals surface area contributed by atoms with Crippen molar-refractivity contribution in [2.24, 2.45) is 5.92 Å². The minimum Gasteiger partial charge on any atom is -0.311 e. The molecule has 2 atom stereocenters. The van der Waals surface area contributed by atoms with E-state index in [1.807, 2.05) is 0 Å². The van der Waals surface area contributed by atoms with Crippen molar-refractivity contribution < 1.29 is 8.78 Å². The van der Waals surface area contributed by atoms with E-state index in [2.05, 4.69) is 12.2 Å². The summed E-state index contributed by atoms with van der Waals surface area (Å²) in [5.74, 6) is -2.15. The number of halogens is 2. The summed E-state index contributed by atoms with van der Waals surface area (Å²) in [7, 11) is 0. The molecule has 1 aliphatic carbocycles. The molecule has 2 aliphatic rings. The van der Waals surface area contributed by atoms with Gasteiger partial charge in [0.25, 0.3) is 0 Å². The molecule has 1 saturated heterocycles. The van der Waals surface area contributed by atoms with Crippen molar-refractivity contribution in [1.29, 1.82) is 0 Å². The van der Waals surface area contributed by atoms with Crippen LogP contribution >= 0.6 is 0 Å². The van der Waals surface area contributed by atoms with Gasteiger partial charge in [0.1, 0.15) is 0 Å². The van der Waals surface area contributed by atoms with Crippen LogP contribution in [0.25, 0.3) is 0 Å². The standard InChI is InChI=1S/C14H25F2N/c1-2-13(7-4-3-5-9-17-13)10-12-6-8-14(15,16)11-12/h12,17H,2-11H2,1H3. The zero-order valence-corrected chi connectivity index (χ0v) is 10.9. The molecule has 2 fully saturated rings. The fraction of sp³-hybridized carbons (Fsp3) is 1.00. The fourth-order valence-corrected chi connectivity index (χ4v) is 3.60. The van der Waals surface area contributed by atoms with Crippen LogP contribution < -0.4 is 5.32 Å². The largest absolute Gasteiger partial charge is 0.311 e. The first kappa shape index (κ1) is 13.3. The minimum absolute atomic E-state index is 0.109. The van der Waals surface area contributed by atoms with Crippen LogP contribution in [0.2, 0.25) is 0 Å². The molecule has 0 radical (unpaired) electrons. The van der Waals surface area contributed by atoms with Crippen LogP contribution in [0.15, 0.2) is 0 Å². The van der Waals surface area contributed by atoms with Gasteiger partial charge in [-0.05, 0) is 44.6 Å². The highest BCUT2D eigenvalue weighted by molar-refractivity contribution is 4.93. The molecular formula is C14H25F2N. The molecule has 0 amide bonds. The Bertz CT molecular complexity index is 245. The van der Waals surface area contributed by atoms with E-state index in [9.17, 15) is 8.78 Å². The predicted molar refractivity (Wildman–Crippen MR) is 66.4 cm³/mol. The van der Waals surface area contributed by atoms with Gasteiger partial charge in [-0.15, -0.1) is 0 Å². The van der Waals surface area contributed by atoms with Gasteiger partial charge in [0.05, 0.1) is 0 Å². The Labute approximate surface area is 103 Å². The van der Waals surface area contributed by atoms with Gasteiger partial charge in [-0.3, -0.25) is 0 Å². The van der Waals surface area contributed by atoms with Gasteiger partial charge < -0.3 is 5.32 Å². The van der Waals surface area contributed by atoms with Gasteiger partial charge in [-0.25, -0.2) is 8.78 Å². The molecule has 1 heterocycles. The van der Waals surface area contributed by atoms with E-state index in [-0.39, 0.29) is 24.3 Å². The molecule has 0 aromatic carbocycles. The lowest BCUT2D eigenvalue weighted by Crippen LogP contribution is -2.45. The van der Waals surface area contributed by atoms with Gasteiger partial charge in [0.2, 0.25) is 5.92 Å². The lowest BCUT2D eigenvalue weighted by Gasteiger charge is -2.35. The highest BCUT2D eigenvalue weighted by atomic mass is 19.3. The van der Waals surface area contributed by atoms with Crippen molar-refractivity contribution in [3.05, 3.63) is 0 Å². The van der Waals surface area contributed by atoms with Gasteiger partial charge >= 0.3 is 0 Å². The summed E-state index contributed by atoms with van der Waals surface area (Å²) in [5.41, 5.74) is 0.154. The smallest absolute Gasteiger partial charge is 0.248 e. The first-order valence-corrected chi connectivity index (χ1v) is 7.18. The van der Waals surface area contributed by atoms with Crippen molar-refractivity contribution in [1.82, 2.24) is 5.32 Å². The molecule has 17 heavy (non-hydrogen) atoms. The molecule has 1 nitrogen and oxygen atoms in total. The van der Waals surface area contributed by atoms with E-state index in [0.717, 1.165) is 25.8 Å². The highest BCUT2D eigenvalue weighted by Crippen LogP contribution is 2.43. The molecule has 2 rings (SSSR count). The second kappa shape index (κ2) is 5.21. The number of hydrogen-bond donors (Lipinski definition) is 1. The molecule has 2 unspecified atom stereocenters. The first-order valence-electron chi connectivity index (χ1n) is 7.18. The second-order valence-electron chi connectivity index (χ2n) is 6.04. The fourth-order valence-electron chi connectivity index (χ4n) is 3.60. The average Bonchev–Trinajstić information content (AvgIpc) is 2.52. The Morgan fingerprint density at radius 2 is 2.00 bits per heavy atom. The van der Waals surface area contributed by atoms with E-state index in [1.54, 1.807) is 0 Å². The van der Waals surface area contributed by atoms with E-state index in [0.29, 0.717) is 0 Å². The van der Waals surface area contributed by atoms with Gasteiger partial charge in [0, 0.05) is 18.4 Å². The summed E-state index contributed by atoms with van der Waals surface area (Å²) < 4.78 is 26.5. The number of alkyl halides is 2. The Balaban J connectivity index is 1.94. The van der Waals surface area contributed by atoms with Crippen LogP contribution in [0.4, 0.5) is 8.78 Å². The summed E-state index contributed by atoms with van der Waals surface area (Å²) >= 11 is 0. The van der Waals surface area contributed by atoms with Gasteiger partial charge in [-0.1, -0.05) is 19.8 Å². The Hall–Kier alpha value is -0.180. The van der Waals surface area contributed by atoms with Gasteiger partial charge in [-0.2, -0.15) is 0 Å². The van der Waals surface area contributed by atoms with E-state index in [1.165, 1.54) is 25.7 Å². The molecule has 0 aromatic rings. The zero-order valence-electron chi connectivity index (χ0n) is 10.9. The Morgan fingerprint density at radius 1 is 1.18 bits per heavy atom. The molecule has 1 N–H and O–H groups in total. The summed E-state index contributed by atoms with van der Waals surface area (Å²) in [6.07, 6.45) is 7.94. The molecule has 3 heteroatoms. The summed E-state index contributed by atoms with van der Waals surface area (Å²) in [5, 5.41) is 3.65. The van der Waals surface area contributed by atoms with Crippen LogP contribution in [0.3, 0.4) is 0 Å². The second-order valence-corrected chi connectivity index (χ2v) is 6.04. The maximum atomic E-state index is 13.2. The molecule has 1 saturated carbocycles. The number of nitrogens with one attached hydrogen (secondary N) is 1. The Morgan fingerprint density at radius 3 is 2.65 bits per heavy atom. The van der Waals surface area contributed by atoms with Crippen LogP contribution in [0.5, 0.6) is 0 Å². The summed E-state index contributed by atoms with van der Waals surface area (Å²) in [6.45, 7) is 3.27. The number of rotatable bonds is 3. The Kier molecular flexibility index (Phi) is 4.06. The molecule has 0 spiro atoms. The number of hydrogen-bond acceptors (Lipinski definition) is 1. The van der Waals surface area contributed by atoms with E-state index >= 15 is 0 Å². The van der Waals surface area contributed by atoms with E-state index < -0.39 is 5.92 Å². The highest BCUT2D eigenvalue weighted by Gasteiger charge is 2.42. The molecular weight excluding hydrogens is 220 g/mol. The quantitative estimate of drug-likeness (QED) is 0.788. The van der Waals surface area contributed by atoms with Crippen molar-refractivity contribution in [3.8, 4) is 0 Å². The third-order valence-corrected chi connectivity index (χ3v) is 4.69. The molecule has 100 valence electrons. The predicted octanol–water partition coefficient (Wildman–Crippen LogP) is 4.12. The van der Waals surface area contributed by atoms with Crippen molar-refractivity contribution in [3.63, 3.8) is 0 Å². The topological polar surface area (TPSA) is 12.0 Å². The normalized spacial score (nSPS) is 37.9. The zero-order chi connectivity index (χ0) is 12.4. The van der Waals surface area contributed by atoms with E-state index in [4.69, 9.17) is 0 Å². The van der Waals surface area contributed by atoms with Crippen molar-refractivity contribution >= 4 is 0 Å². The third-order valence-electron chi connectivity index (χ3n) is 4.69. The van der Waals surface area contributed by atoms with Crippen LogP contribution in [0.1, 0.15) is 64.7 Å². The maximum absolute atomic E-state index is 13.2. The summed E-state index contributed by atoms with van der Waals surface area (Å²) in [4.78, 5) is 0. The monoisotopic (exact) mass is 245 g/mol. The van der Waals surface area contributed by atoms with Crippen molar-refractivity contribution in [2.45, 2.75) is 76.2 Å². The van der Waals surface area contributed by atoms with Crippen LogP contribution in [-0.4, -0.2) is 18.0 Å². The minimum atomic E-state index is -2.38. The lowest BCUT2D eigenvalue weighted by atomic mass is 9.81. The first-order chi connectivity index (χ1) is 8.05. The lowest BCUT2D eigenvalue weighted by molar-refractivity contribution is 0.00328. The third kappa shape index (κ3) is 3.40. The van der Waals surface area contributed by atoms with Crippen LogP contribution in [-0.2, 0) is 0 Å².